The largest absolute Gasteiger partial charge is 0.495 e. The number of benzene rings is 2. The van der Waals surface area contributed by atoms with Crippen molar-refractivity contribution in [2.75, 3.05) is 38.2 Å². The molecular weight excluding hydrogens is 454 g/mol. The molecule has 0 saturated carbocycles. The first-order chi connectivity index (χ1) is 15.9. The number of hydrogen-bond acceptors (Lipinski definition) is 6. The van der Waals surface area contributed by atoms with Crippen LogP contribution in [0.5, 0.6) is 5.75 Å². The Bertz CT molecular complexity index is 1140. The molecule has 1 aliphatic rings. The summed E-state index contributed by atoms with van der Waals surface area (Å²) >= 11 is 1.67. The topological polar surface area (TPSA) is 61.9 Å². The highest BCUT2D eigenvalue weighted by Crippen LogP contribution is 2.33. The second kappa shape index (κ2) is 10.3. The Morgan fingerprint density at radius 1 is 0.970 bits per heavy atom. The monoisotopic (exact) mass is 485 g/mol. The minimum absolute atomic E-state index is 0.0370. The Kier molecular flexibility index (Phi) is 7.38. The number of methoxy groups -OCH3 is 1. The minimum atomic E-state index is -3.61. The number of rotatable bonds is 8. The fraction of sp³-hybridized carbons (Fsp3) is 0.360. The Labute approximate surface area is 200 Å². The van der Waals surface area contributed by atoms with Crippen LogP contribution >= 0.6 is 11.3 Å². The van der Waals surface area contributed by atoms with Crippen molar-refractivity contribution in [1.82, 2.24) is 9.62 Å². The van der Waals surface area contributed by atoms with Crippen molar-refractivity contribution in [3.05, 3.63) is 76.5 Å². The summed E-state index contributed by atoms with van der Waals surface area (Å²) in [5, 5.41) is 2.05. The summed E-state index contributed by atoms with van der Waals surface area (Å²) in [6, 6.07) is 18.9. The molecule has 176 valence electrons. The summed E-state index contributed by atoms with van der Waals surface area (Å²) in [4.78, 5) is 6.19. The van der Waals surface area contributed by atoms with E-state index >= 15 is 0 Å². The summed E-state index contributed by atoms with van der Waals surface area (Å²) in [5.74, 6) is 0.875. The van der Waals surface area contributed by atoms with E-state index in [4.69, 9.17) is 4.74 Å². The molecule has 0 radical (unpaired) electrons. The summed E-state index contributed by atoms with van der Waals surface area (Å²) in [6.07, 6.45) is 0. The van der Waals surface area contributed by atoms with Crippen LogP contribution in [0, 0.1) is 6.92 Å². The van der Waals surface area contributed by atoms with Crippen molar-refractivity contribution in [2.45, 2.75) is 30.8 Å². The van der Waals surface area contributed by atoms with Gasteiger partial charge in [0.15, 0.2) is 0 Å². The summed E-state index contributed by atoms with van der Waals surface area (Å²) in [6.45, 7) is 7.26. The van der Waals surface area contributed by atoms with Crippen LogP contribution in [0.15, 0.2) is 70.9 Å². The highest BCUT2D eigenvalue weighted by Gasteiger charge is 2.33. The molecule has 8 heteroatoms. The van der Waals surface area contributed by atoms with E-state index in [0.717, 1.165) is 43.2 Å². The molecule has 6 nitrogen and oxygen atoms in total. The predicted molar refractivity (Wildman–Crippen MR) is 135 cm³/mol. The second-order valence-corrected chi connectivity index (χ2v) is 11.1. The van der Waals surface area contributed by atoms with Gasteiger partial charge in [0.1, 0.15) is 5.75 Å². The van der Waals surface area contributed by atoms with Crippen molar-refractivity contribution in [1.29, 1.82) is 0 Å². The van der Waals surface area contributed by atoms with E-state index in [1.54, 1.807) is 30.6 Å². The van der Waals surface area contributed by atoms with Crippen LogP contribution < -0.4 is 14.4 Å². The molecular formula is C25H31N3O3S2. The van der Waals surface area contributed by atoms with Gasteiger partial charge in [-0.2, -0.15) is 0 Å². The SMILES string of the molecule is COc1ccccc1N1CCN([C@H](c2cccs2)[C@H](C)NS(=O)(=O)c2ccc(C)cc2)CC1. The van der Waals surface area contributed by atoms with E-state index < -0.39 is 10.0 Å². The Balaban J connectivity index is 1.51. The Hall–Kier alpha value is -2.39. The van der Waals surface area contributed by atoms with Crippen LogP contribution in [-0.2, 0) is 10.0 Å². The number of sulfonamides is 1. The van der Waals surface area contributed by atoms with Crippen LogP contribution in [0.1, 0.15) is 23.4 Å². The molecule has 1 aliphatic heterocycles. The van der Waals surface area contributed by atoms with Gasteiger partial charge in [-0.15, -0.1) is 11.3 Å². The molecule has 1 fully saturated rings. The first-order valence-corrected chi connectivity index (χ1v) is 13.5. The van der Waals surface area contributed by atoms with Crippen LogP contribution in [0.3, 0.4) is 0 Å². The van der Waals surface area contributed by atoms with Gasteiger partial charge in [-0.25, -0.2) is 13.1 Å². The highest BCUT2D eigenvalue weighted by atomic mass is 32.2. The fourth-order valence-electron chi connectivity index (χ4n) is 4.43. The number of anilines is 1. The highest BCUT2D eigenvalue weighted by molar-refractivity contribution is 7.89. The number of thiophene rings is 1. The number of nitrogens with one attached hydrogen (secondary N) is 1. The second-order valence-electron chi connectivity index (χ2n) is 8.38. The van der Waals surface area contributed by atoms with Crippen LogP contribution in [0.25, 0.3) is 0 Å². The number of para-hydroxylation sites is 2. The number of ether oxygens (including phenoxy) is 1. The summed E-state index contributed by atoms with van der Waals surface area (Å²) in [5.41, 5.74) is 2.13. The van der Waals surface area contributed by atoms with E-state index in [1.807, 2.05) is 50.2 Å². The molecule has 0 aliphatic carbocycles. The first-order valence-electron chi connectivity index (χ1n) is 11.1. The minimum Gasteiger partial charge on any atom is -0.495 e. The van der Waals surface area contributed by atoms with E-state index in [2.05, 4.69) is 32.0 Å². The van der Waals surface area contributed by atoms with Gasteiger partial charge in [0.05, 0.1) is 23.7 Å². The van der Waals surface area contributed by atoms with Gasteiger partial charge in [0.25, 0.3) is 0 Å². The summed E-state index contributed by atoms with van der Waals surface area (Å²) < 4.78 is 34.6. The van der Waals surface area contributed by atoms with E-state index in [-0.39, 0.29) is 12.1 Å². The third-order valence-corrected chi connectivity index (χ3v) is 8.63. The maximum Gasteiger partial charge on any atom is 0.240 e. The van der Waals surface area contributed by atoms with Gasteiger partial charge in [-0.3, -0.25) is 4.90 Å². The molecule has 2 heterocycles. The van der Waals surface area contributed by atoms with Crippen LogP contribution in [0.4, 0.5) is 5.69 Å². The van der Waals surface area contributed by atoms with Crippen molar-refractivity contribution in [2.24, 2.45) is 0 Å². The molecule has 33 heavy (non-hydrogen) atoms. The predicted octanol–water partition coefficient (Wildman–Crippen LogP) is 4.30. The molecule has 1 N–H and O–H groups in total. The maximum atomic E-state index is 13.1. The average Bonchev–Trinajstić information content (AvgIpc) is 3.34. The van der Waals surface area contributed by atoms with Crippen LogP contribution in [-0.4, -0.2) is 52.6 Å². The third-order valence-electron chi connectivity index (χ3n) is 6.11. The van der Waals surface area contributed by atoms with Crippen LogP contribution in [0.2, 0.25) is 0 Å². The van der Waals surface area contributed by atoms with Gasteiger partial charge in [0.2, 0.25) is 10.0 Å². The Morgan fingerprint density at radius 3 is 2.30 bits per heavy atom. The Morgan fingerprint density at radius 2 is 1.67 bits per heavy atom. The van der Waals surface area contributed by atoms with Gasteiger partial charge in [-0.05, 0) is 49.6 Å². The van der Waals surface area contributed by atoms with Gasteiger partial charge in [-0.1, -0.05) is 35.9 Å². The molecule has 0 bridgehead atoms. The normalized spacial score (nSPS) is 17.0. The lowest BCUT2D eigenvalue weighted by molar-refractivity contribution is 0.163. The smallest absolute Gasteiger partial charge is 0.240 e. The van der Waals surface area contributed by atoms with Gasteiger partial charge < -0.3 is 9.64 Å². The van der Waals surface area contributed by atoms with Crippen molar-refractivity contribution >= 4 is 27.0 Å². The molecule has 1 saturated heterocycles. The molecule has 4 rings (SSSR count). The number of hydrogen-bond donors (Lipinski definition) is 1. The maximum absolute atomic E-state index is 13.1. The van der Waals surface area contributed by atoms with Crippen molar-refractivity contribution < 1.29 is 13.2 Å². The lowest BCUT2D eigenvalue weighted by Gasteiger charge is -2.42. The molecule has 0 unspecified atom stereocenters. The zero-order valence-corrected chi connectivity index (χ0v) is 20.9. The average molecular weight is 486 g/mol. The van der Waals surface area contributed by atoms with Gasteiger partial charge >= 0.3 is 0 Å². The molecule has 2 atom stereocenters. The molecule has 0 amide bonds. The summed E-state index contributed by atoms with van der Waals surface area (Å²) in [7, 11) is -1.91. The van der Waals surface area contributed by atoms with E-state index in [0.29, 0.717) is 4.90 Å². The van der Waals surface area contributed by atoms with E-state index in [9.17, 15) is 8.42 Å². The quantitative estimate of drug-likeness (QED) is 0.516. The third kappa shape index (κ3) is 5.41. The molecule has 3 aromatic rings. The number of aryl methyl sites for hydroxylation is 1. The lowest BCUT2D eigenvalue weighted by atomic mass is 10.1. The van der Waals surface area contributed by atoms with Gasteiger partial charge in [0, 0.05) is 37.1 Å². The molecule has 2 aromatic carbocycles. The fourth-order valence-corrected chi connectivity index (χ4v) is 6.64. The number of nitrogens with zero attached hydrogens (tertiary/aromatic N) is 2. The standard InChI is InChI=1S/C25H31N3O3S2/c1-19-10-12-21(13-11-19)33(29,30)26-20(2)25(24-9-6-18-32-24)28-16-14-27(15-17-28)22-7-4-5-8-23(22)31-3/h4-13,18,20,25-26H,14-17H2,1-3H3/t20-,25-/m0/s1. The van der Waals surface area contributed by atoms with Crippen molar-refractivity contribution in [3.63, 3.8) is 0 Å². The zero-order valence-electron chi connectivity index (χ0n) is 19.3. The zero-order chi connectivity index (χ0) is 23.4. The van der Waals surface area contributed by atoms with E-state index in [1.165, 1.54) is 4.88 Å². The molecule has 1 aromatic heterocycles. The van der Waals surface area contributed by atoms with Crippen molar-refractivity contribution in [3.8, 4) is 5.75 Å². The lowest BCUT2D eigenvalue weighted by Crippen LogP contribution is -2.52. The first kappa shape index (κ1) is 23.8. The number of piperazine rings is 1. The molecule has 0 spiro atoms.